The molecule has 0 aliphatic carbocycles. The third-order valence-electron chi connectivity index (χ3n) is 6.53. The van der Waals surface area contributed by atoms with Gasteiger partial charge < -0.3 is 16.0 Å². The zero-order chi connectivity index (χ0) is 23.1. The number of aromatic nitrogens is 3. The van der Waals surface area contributed by atoms with Gasteiger partial charge in [0, 0.05) is 36.9 Å². The van der Waals surface area contributed by atoms with Crippen molar-refractivity contribution in [3.63, 3.8) is 0 Å². The van der Waals surface area contributed by atoms with Crippen LogP contribution >= 0.6 is 0 Å². The number of anilines is 1. The predicted molar refractivity (Wildman–Crippen MR) is 126 cm³/mol. The third-order valence-corrected chi connectivity index (χ3v) is 6.53. The lowest BCUT2D eigenvalue weighted by molar-refractivity contribution is 0.145. The molecule has 2 aromatic carbocycles. The van der Waals surface area contributed by atoms with Gasteiger partial charge in [0.15, 0.2) is 5.82 Å². The van der Waals surface area contributed by atoms with Gasteiger partial charge in [0.25, 0.3) is 0 Å². The minimum atomic E-state index is -0.521. The molecule has 0 saturated heterocycles. The Kier molecular flexibility index (Phi) is 5.71. The minimum Gasteiger partial charge on any atom is -0.315 e. The normalized spacial score (nSPS) is 23.7. The molecule has 1 aromatic heterocycles. The Morgan fingerprint density at radius 3 is 2.61 bits per heavy atom. The first-order valence-corrected chi connectivity index (χ1v) is 11.2. The number of rotatable bonds is 4. The monoisotopic (exact) mass is 448 g/mol. The Hall–Kier alpha value is -3.11. The summed E-state index contributed by atoms with van der Waals surface area (Å²) in [6, 6.07) is 15.4. The van der Waals surface area contributed by atoms with Crippen LogP contribution in [0.2, 0.25) is 0 Å². The first kappa shape index (κ1) is 21.7. The number of aryl methyl sites for hydroxylation is 1. The number of nitrogens with two attached hydrogens (primary N) is 2. The van der Waals surface area contributed by atoms with Crippen molar-refractivity contribution in [2.24, 2.45) is 11.5 Å². The van der Waals surface area contributed by atoms with Gasteiger partial charge in [-0.2, -0.15) is 5.10 Å². The molecule has 3 aromatic rings. The highest BCUT2D eigenvalue weighted by atomic mass is 19.1. The van der Waals surface area contributed by atoms with Gasteiger partial charge in [-0.25, -0.2) is 14.1 Å². The topological polar surface area (TPSA) is 101 Å². The summed E-state index contributed by atoms with van der Waals surface area (Å²) in [5.74, 6) is 0.237. The van der Waals surface area contributed by atoms with Crippen molar-refractivity contribution < 1.29 is 4.39 Å². The van der Waals surface area contributed by atoms with E-state index in [1.165, 1.54) is 22.6 Å². The molecule has 3 unspecified atom stereocenters. The van der Waals surface area contributed by atoms with Gasteiger partial charge in [-0.3, -0.25) is 10.6 Å². The molecule has 0 amide bonds. The Bertz CT molecular complexity index is 1170. The molecule has 0 fully saturated rings. The zero-order valence-corrected chi connectivity index (χ0v) is 18.8. The van der Waals surface area contributed by atoms with E-state index in [1.807, 2.05) is 41.0 Å². The van der Waals surface area contributed by atoms with Gasteiger partial charge in [0.1, 0.15) is 24.1 Å². The quantitative estimate of drug-likeness (QED) is 0.561. The van der Waals surface area contributed by atoms with Crippen molar-refractivity contribution in [3.05, 3.63) is 83.3 Å². The van der Waals surface area contributed by atoms with E-state index in [4.69, 9.17) is 11.5 Å². The molecule has 2 aliphatic rings. The molecule has 0 bridgehead atoms. The van der Waals surface area contributed by atoms with Gasteiger partial charge in [-0.15, -0.1) is 0 Å². The van der Waals surface area contributed by atoms with Gasteiger partial charge in [0.2, 0.25) is 0 Å². The van der Waals surface area contributed by atoms with E-state index in [9.17, 15) is 0 Å². The van der Waals surface area contributed by atoms with Crippen LogP contribution in [0, 0.1) is 12.7 Å². The van der Waals surface area contributed by atoms with Crippen LogP contribution in [-0.4, -0.2) is 51.8 Å². The SMILES string of the molecule is CCN1C(N)C2=C(C(c3ccccc3)CNC2)N(c2ccc(-n3cnc(C)n3)c(F)c2)C1N. The molecule has 5 N–H and O–H groups in total. The predicted octanol–water partition coefficient (Wildman–Crippen LogP) is 2.02. The van der Waals surface area contributed by atoms with E-state index in [1.54, 1.807) is 13.0 Å². The van der Waals surface area contributed by atoms with Crippen LogP contribution in [0.15, 0.2) is 66.1 Å². The lowest BCUT2D eigenvalue weighted by atomic mass is 9.86. The molecule has 9 heteroatoms. The fraction of sp³-hybridized carbons (Fsp3) is 0.333. The highest BCUT2D eigenvalue weighted by Crippen LogP contribution is 2.40. The number of likely N-dealkylation sites (N-methyl/N-ethyl adjacent to an activating group) is 1. The van der Waals surface area contributed by atoms with Crippen molar-refractivity contribution in [3.8, 4) is 5.69 Å². The molecular formula is C24H29FN8. The van der Waals surface area contributed by atoms with Crippen LogP contribution in [0.1, 0.15) is 24.2 Å². The number of hydrogen-bond acceptors (Lipinski definition) is 7. The molecule has 3 atom stereocenters. The lowest BCUT2D eigenvalue weighted by Gasteiger charge is -2.51. The van der Waals surface area contributed by atoms with Crippen molar-refractivity contribution in [2.45, 2.75) is 32.2 Å². The smallest absolute Gasteiger partial charge is 0.150 e. The molecule has 33 heavy (non-hydrogen) atoms. The molecule has 0 spiro atoms. The largest absolute Gasteiger partial charge is 0.315 e. The van der Waals surface area contributed by atoms with Gasteiger partial charge in [-0.05, 0) is 36.3 Å². The Balaban J connectivity index is 1.64. The number of nitrogens with zero attached hydrogens (tertiary/aromatic N) is 5. The average Bonchev–Trinajstić information content (AvgIpc) is 3.26. The Labute approximate surface area is 192 Å². The molecule has 0 saturated carbocycles. The minimum absolute atomic E-state index is 0.0479. The van der Waals surface area contributed by atoms with Crippen LogP contribution in [0.25, 0.3) is 5.69 Å². The van der Waals surface area contributed by atoms with E-state index >= 15 is 4.39 Å². The summed E-state index contributed by atoms with van der Waals surface area (Å²) in [5, 5.41) is 7.75. The second-order valence-electron chi connectivity index (χ2n) is 8.44. The van der Waals surface area contributed by atoms with Gasteiger partial charge >= 0.3 is 0 Å². The number of benzene rings is 2. The Morgan fingerprint density at radius 2 is 1.94 bits per heavy atom. The van der Waals surface area contributed by atoms with Crippen LogP contribution in [0.4, 0.5) is 10.1 Å². The number of hydrogen-bond donors (Lipinski definition) is 3. The second-order valence-corrected chi connectivity index (χ2v) is 8.44. The maximum absolute atomic E-state index is 15.3. The summed E-state index contributed by atoms with van der Waals surface area (Å²) in [4.78, 5) is 8.18. The van der Waals surface area contributed by atoms with Crippen molar-refractivity contribution in [1.29, 1.82) is 0 Å². The first-order chi connectivity index (χ1) is 16.0. The second kappa shape index (κ2) is 8.68. The summed E-state index contributed by atoms with van der Waals surface area (Å²) in [6.07, 6.45) is 0.681. The Morgan fingerprint density at radius 1 is 1.15 bits per heavy atom. The van der Waals surface area contributed by atoms with E-state index < -0.39 is 12.1 Å². The highest BCUT2D eigenvalue weighted by molar-refractivity contribution is 5.61. The fourth-order valence-corrected chi connectivity index (χ4v) is 4.93. The first-order valence-electron chi connectivity index (χ1n) is 11.2. The van der Waals surface area contributed by atoms with E-state index in [2.05, 4.69) is 27.5 Å². The van der Waals surface area contributed by atoms with E-state index in [-0.39, 0.29) is 12.1 Å². The molecule has 3 heterocycles. The summed E-state index contributed by atoms with van der Waals surface area (Å²) in [7, 11) is 0. The summed E-state index contributed by atoms with van der Waals surface area (Å²) >= 11 is 0. The molecule has 172 valence electrons. The number of halogens is 1. The fourth-order valence-electron chi connectivity index (χ4n) is 4.93. The van der Waals surface area contributed by atoms with E-state index in [0.717, 1.165) is 17.8 Å². The standard InChI is InChI=1S/C24H29FN8/c1-3-31-23(26)19-13-28-12-18(16-7-5-4-6-8-16)22(19)33(24(31)27)17-9-10-21(20(25)11-17)32-14-29-15(2)30-32/h4-11,14,18,23-24,28H,3,12-13,26-27H2,1-2H3. The highest BCUT2D eigenvalue weighted by Gasteiger charge is 2.42. The van der Waals surface area contributed by atoms with Crippen molar-refractivity contribution in [1.82, 2.24) is 25.0 Å². The van der Waals surface area contributed by atoms with Gasteiger partial charge in [-0.1, -0.05) is 37.3 Å². The number of nitrogens with one attached hydrogen (secondary N) is 1. The third kappa shape index (κ3) is 3.72. The van der Waals surface area contributed by atoms with E-state index in [0.29, 0.717) is 30.3 Å². The van der Waals surface area contributed by atoms with Gasteiger partial charge in [0.05, 0.1) is 6.17 Å². The van der Waals surface area contributed by atoms with Crippen LogP contribution < -0.4 is 21.7 Å². The maximum Gasteiger partial charge on any atom is 0.150 e. The van der Waals surface area contributed by atoms with Crippen molar-refractivity contribution >= 4 is 5.69 Å². The molecule has 0 radical (unpaired) electrons. The summed E-state index contributed by atoms with van der Waals surface area (Å²) < 4.78 is 16.7. The maximum atomic E-state index is 15.3. The van der Waals surface area contributed by atoms with Crippen LogP contribution in [0.5, 0.6) is 0 Å². The molecule has 2 aliphatic heterocycles. The molecule has 8 nitrogen and oxygen atoms in total. The van der Waals surface area contributed by atoms with Crippen molar-refractivity contribution in [2.75, 3.05) is 24.5 Å². The summed E-state index contributed by atoms with van der Waals surface area (Å²) in [5.41, 5.74) is 17.8. The lowest BCUT2D eigenvalue weighted by Crippen LogP contribution is -2.66. The molecular weight excluding hydrogens is 419 g/mol. The van der Waals surface area contributed by atoms with Crippen LogP contribution in [0.3, 0.4) is 0 Å². The molecule has 5 rings (SSSR count). The average molecular weight is 449 g/mol. The zero-order valence-electron chi connectivity index (χ0n) is 18.8. The summed E-state index contributed by atoms with van der Waals surface area (Å²) in [6.45, 7) is 5.89. The van der Waals surface area contributed by atoms with Crippen LogP contribution in [-0.2, 0) is 0 Å².